The van der Waals surface area contributed by atoms with Crippen molar-refractivity contribution < 1.29 is 19.4 Å². The SMILES string of the molecule is CC(=O)Oc1cc(OC(C)CCCc2ccccc2)cc2c1[C@@H]1C[C@H](O)CC[C@H]1[C@H](C)N2C. The van der Waals surface area contributed by atoms with Crippen molar-refractivity contribution in [2.24, 2.45) is 5.92 Å². The lowest BCUT2D eigenvalue weighted by atomic mass is 9.68. The molecule has 0 amide bonds. The Hall–Kier alpha value is -2.53. The monoisotopic (exact) mass is 451 g/mol. The number of carbonyl (C=O) groups excluding carboxylic acids is 1. The fourth-order valence-electron chi connectivity index (χ4n) is 5.68. The Morgan fingerprint density at radius 1 is 1.21 bits per heavy atom. The van der Waals surface area contributed by atoms with E-state index in [0.29, 0.717) is 24.1 Å². The highest BCUT2D eigenvalue weighted by molar-refractivity contribution is 5.74. The summed E-state index contributed by atoms with van der Waals surface area (Å²) >= 11 is 0. The second-order valence-electron chi connectivity index (χ2n) is 9.84. The first kappa shape index (κ1) is 23.6. The molecule has 0 saturated heterocycles. The van der Waals surface area contributed by atoms with Crippen molar-refractivity contribution in [2.45, 2.75) is 83.5 Å². The van der Waals surface area contributed by atoms with E-state index in [1.54, 1.807) is 0 Å². The highest BCUT2D eigenvalue weighted by atomic mass is 16.5. The lowest BCUT2D eigenvalue weighted by Gasteiger charge is -2.48. The Balaban J connectivity index is 1.55. The van der Waals surface area contributed by atoms with Crippen LogP contribution in [0.1, 0.15) is 69.9 Å². The molecule has 2 aromatic carbocycles. The molecule has 1 saturated carbocycles. The molecular formula is C28H37NO4. The fourth-order valence-corrected chi connectivity index (χ4v) is 5.68. The van der Waals surface area contributed by atoms with Crippen LogP contribution in [0, 0.1) is 5.92 Å². The Bertz CT molecular complexity index is 960. The van der Waals surface area contributed by atoms with E-state index in [9.17, 15) is 9.90 Å². The van der Waals surface area contributed by atoms with Crippen LogP contribution >= 0.6 is 0 Å². The quantitative estimate of drug-likeness (QED) is 0.446. The molecule has 1 unspecified atom stereocenters. The van der Waals surface area contributed by atoms with Crippen molar-refractivity contribution in [3.05, 3.63) is 53.6 Å². The summed E-state index contributed by atoms with van der Waals surface area (Å²) in [5.74, 6) is 1.59. The van der Waals surface area contributed by atoms with E-state index >= 15 is 0 Å². The smallest absolute Gasteiger partial charge is 0.308 e. The van der Waals surface area contributed by atoms with Crippen molar-refractivity contribution in [1.29, 1.82) is 0 Å². The molecule has 1 heterocycles. The molecule has 2 aliphatic rings. The van der Waals surface area contributed by atoms with Crippen LogP contribution in [-0.2, 0) is 11.2 Å². The van der Waals surface area contributed by atoms with Crippen molar-refractivity contribution in [3.63, 3.8) is 0 Å². The summed E-state index contributed by atoms with van der Waals surface area (Å²) in [5.41, 5.74) is 3.43. The summed E-state index contributed by atoms with van der Waals surface area (Å²) in [5, 5.41) is 10.4. The van der Waals surface area contributed by atoms with Gasteiger partial charge in [-0.1, -0.05) is 30.3 Å². The maximum Gasteiger partial charge on any atom is 0.308 e. The van der Waals surface area contributed by atoms with E-state index in [-0.39, 0.29) is 24.1 Å². The Kier molecular flexibility index (Phi) is 7.28. The summed E-state index contributed by atoms with van der Waals surface area (Å²) in [6.07, 6.45) is 5.28. The molecule has 5 atom stereocenters. The number of benzene rings is 2. The zero-order chi connectivity index (χ0) is 23.5. The van der Waals surface area contributed by atoms with E-state index < -0.39 is 0 Å². The largest absolute Gasteiger partial charge is 0.491 e. The van der Waals surface area contributed by atoms with Crippen LogP contribution in [0.4, 0.5) is 5.69 Å². The number of aliphatic hydroxyl groups is 1. The van der Waals surface area contributed by atoms with Crippen LogP contribution in [0.2, 0.25) is 0 Å². The normalized spacial score (nSPS) is 25.1. The average Bonchev–Trinajstić information content (AvgIpc) is 2.77. The molecule has 1 fully saturated rings. The summed E-state index contributed by atoms with van der Waals surface area (Å²) < 4.78 is 12.0. The zero-order valence-corrected chi connectivity index (χ0v) is 20.3. The molecular weight excluding hydrogens is 414 g/mol. The van der Waals surface area contributed by atoms with E-state index in [0.717, 1.165) is 49.1 Å². The van der Waals surface area contributed by atoms with Gasteiger partial charge in [0.1, 0.15) is 11.5 Å². The van der Waals surface area contributed by atoms with Gasteiger partial charge in [-0.3, -0.25) is 4.79 Å². The Labute approximate surface area is 197 Å². The molecule has 2 aromatic rings. The van der Waals surface area contributed by atoms with E-state index in [1.165, 1.54) is 12.5 Å². The van der Waals surface area contributed by atoms with Gasteiger partial charge in [0.05, 0.1) is 12.2 Å². The Morgan fingerprint density at radius 3 is 2.70 bits per heavy atom. The number of aryl methyl sites for hydroxylation is 1. The topological polar surface area (TPSA) is 59.0 Å². The lowest BCUT2D eigenvalue weighted by molar-refractivity contribution is -0.131. The number of carbonyl (C=O) groups is 1. The van der Waals surface area contributed by atoms with E-state index in [1.807, 2.05) is 12.1 Å². The van der Waals surface area contributed by atoms with E-state index in [2.05, 4.69) is 56.1 Å². The molecule has 5 heteroatoms. The van der Waals surface area contributed by atoms with Gasteiger partial charge in [0.2, 0.25) is 0 Å². The number of ether oxygens (including phenoxy) is 2. The van der Waals surface area contributed by atoms with Crippen molar-refractivity contribution >= 4 is 11.7 Å². The third-order valence-corrected chi connectivity index (χ3v) is 7.46. The van der Waals surface area contributed by atoms with Crippen LogP contribution in [-0.4, -0.2) is 36.4 Å². The number of anilines is 1. The molecule has 0 bridgehead atoms. The van der Waals surface area contributed by atoms with Crippen LogP contribution in [0.15, 0.2) is 42.5 Å². The predicted molar refractivity (Wildman–Crippen MR) is 131 cm³/mol. The molecule has 0 radical (unpaired) electrons. The van der Waals surface area contributed by atoms with Gasteiger partial charge in [0, 0.05) is 43.4 Å². The van der Waals surface area contributed by atoms with Crippen LogP contribution < -0.4 is 14.4 Å². The van der Waals surface area contributed by atoms with Crippen LogP contribution in [0.25, 0.3) is 0 Å². The van der Waals surface area contributed by atoms with Gasteiger partial charge in [0.15, 0.2) is 0 Å². The van der Waals surface area contributed by atoms with Crippen molar-refractivity contribution in [1.82, 2.24) is 0 Å². The molecule has 1 aliphatic heterocycles. The molecule has 0 aromatic heterocycles. The molecule has 4 rings (SSSR count). The second-order valence-corrected chi connectivity index (χ2v) is 9.84. The van der Waals surface area contributed by atoms with Crippen molar-refractivity contribution in [2.75, 3.05) is 11.9 Å². The maximum absolute atomic E-state index is 12.0. The minimum atomic E-state index is -0.334. The number of esters is 1. The molecule has 0 spiro atoms. The average molecular weight is 452 g/mol. The van der Waals surface area contributed by atoms with E-state index in [4.69, 9.17) is 9.47 Å². The number of nitrogens with zero attached hydrogens (tertiary/aromatic N) is 1. The molecule has 1 aliphatic carbocycles. The van der Waals surface area contributed by atoms with Gasteiger partial charge in [-0.05, 0) is 69.8 Å². The second kappa shape index (κ2) is 10.2. The molecule has 33 heavy (non-hydrogen) atoms. The Morgan fingerprint density at radius 2 is 1.97 bits per heavy atom. The molecule has 5 nitrogen and oxygen atoms in total. The molecule has 178 valence electrons. The summed E-state index contributed by atoms with van der Waals surface area (Å²) in [6.45, 7) is 5.79. The van der Waals surface area contributed by atoms with Crippen molar-refractivity contribution in [3.8, 4) is 11.5 Å². The van der Waals surface area contributed by atoms with Crippen LogP contribution in [0.3, 0.4) is 0 Å². The number of rotatable bonds is 7. The maximum atomic E-state index is 12.0. The predicted octanol–water partition coefficient (Wildman–Crippen LogP) is 5.49. The molecule has 1 N–H and O–H groups in total. The standard InChI is InChI=1S/C28H37NO4/c1-18(9-8-12-21-10-6-5-7-11-21)32-23-16-26-28(27(17-23)33-20(3)30)25-15-22(31)13-14-24(25)19(2)29(26)4/h5-7,10-11,16-19,22,24-25,31H,8-9,12-15H2,1-4H3/t18?,19-,22+,24-,25+/m0/s1. The first-order valence-electron chi connectivity index (χ1n) is 12.3. The third-order valence-electron chi connectivity index (χ3n) is 7.46. The lowest BCUT2D eigenvalue weighted by Crippen LogP contribution is -2.46. The van der Waals surface area contributed by atoms with Gasteiger partial charge in [-0.2, -0.15) is 0 Å². The first-order valence-corrected chi connectivity index (χ1v) is 12.3. The highest BCUT2D eigenvalue weighted by Crippen LogP contribution is 2.53. The summed E-state index contributed by atoms with van der Waals surface area (Å²) in [7, 11) is 2.11. The highest BCUT2D eigenvalue weighted by Gasteiger charge is 2.43. The summed E-state index contributed by atoms with van der Waals surface area (Å²) in [4.78, 5) is 14.2. The minimum absolute atomic E-state index is 0.0486. The number of aliphatic hydroxyl groups excluding tert-OH is 1. The third kappa shape index (κ3) is 5.35. The number of hydrogen-bond acceptors (Lipinski definition) is 5. The van der Waals surface area contributed by atoms with Gasteiger partial charge < -0.3 is 19.5 Å². The number of fused-ring (bicyclic) bond motifs is 3. The van der Waals surface area contributed by atoms with Gasteiger partial charge in [0.25, 0.3) is 0 Å². The summed E-state index contributed by atoms with van der Waals surface area (Å²) in [6, 6.07) is 14.8. The minimum Gasteiger partial charge on any atom is -0.491 e. The zero-order valence-electron chi connectivity index (χ0n) is 20.3. The first-order chi connectivity index (χ1) is 15.8. The van der Waals surface area contributed by atoms with Crippen LogP contribution in [0.5, 0.6) is 11.5 Å². The van der Waals surface area contributed by atoms with Gasteiger partial charge in [-0.15, -0.1) is 0 Å². The fraction of sp³-hybridized carbons (Fsp3) is 0.536. The van der Waals surface area contributed by atoms with Gasteiger partial charge >= 0.3 is 5.97 Å². The van der Waals surface area contributed by atoms with Gasteiger partial charge in [-0.25, -0.2) is 0 Å². The number of hydrogen-bond donors (Lipinski definition) is 1.